The Hall–Kier alpha value is -2.69. The van der Waals surface area contributed by atoms with Crippen LogP contribution in [0.5, 0.6) is 6.01 Å². The Morgan fingerprint density at radius 2 is 1.93 bits per heavy atom. The fourth-order valence-corrected chi connectivity index (χ4v) is 3.68. The van der Waals surface area contributed by atoms with E-state index < -0.39 is 21.8 Å². The third kappa shape index (κ3) is 4.89. The highest BCUT2D eigenvalue weighted by atomic mass is 35.5. The number of sulfone groups is 1. The van der Waals surface area contributed by atoms with Crippen molar-refractivity contribution in [2.75, 3.05) is 13.4 Å². The van der Waals surface area contributed by atoms with Gasteiger partial charge in [0.2, 0.25) is 0 Å². The van der Waals surface area contributed by atoms with Gasteiger partial charge in [-0.25, -0.2) is 13.4 Å². The summed E-state index contributed by atoms with van der Waals surface area (Å²) in [6.07, 6.45) is 2.49. The quantitative estimate of drug-likeness (QED) is 0.589. The SMILES string of the molecule is COc1nc([C@H](C)NC(=O)c2cc(Cl)cc(S(C)(=O)=O)c2)n(-c2ccc(Cl)cn2)n1. The number of aromatic nitrogens is 4. The lowest BCUT2D eigenvalue weighted by molar-refractivity contribution is 0.0937. The average molecular weight is 470 g/mol. The van der Waals surface area contributed by atoms with E-state index in [1.807, 2.05) is 0 Å². The van der Waals surface area contributed by atoms with Gasteiger partial charge in [0.25, 0.3) is 5.91 Å². The molecule has 12 heteroatoms. The molecule has 0 unspecified atom stereocenters. The first-order valence-corrected chi connectivity index (χ1v) is 11.2. The predicted molar refractivity (Wildman–Crippen MR) is 111 cm³/mol. The lowest BCUT2D eigenvalue weighted by Gasteiger charge is -2.14. The van der Waals surface area contributed by atoms with Gasteiger partial charge in [0.05, 0.1) is 23.1 Å². The first-order valence-electron chi connectivity index (χ1n) is 8.53. The minimum Gasteiger partial charge on any atom is -0.466 e. The summed E-state index contributed by atoms with van der Waals surface area (Å²) < 4.78 is 30.2. The highest BCUT2D eigenvalue weighted by molar-refractivity contribution is 7.90. The Kier molecular flexibility index (Phi) is 6.30. The van der Waals surface area contributed by atoms with Crippen molar-refractivity contribution in [1.29, 1.82) is 0 Å². The third-order valence-corrected chi connectivity index (χ3v) is 5.55. The summed E-state index contributed by atoms with van der Waals surface area (Å²) in [5, 5.41) is 7.55. The van der Waals surface area contributed by atoms with E-state index in [1.165, 1.54) is 36.2 Å². The van der Waals surface area contributed by atoms with Crippen molar-refractivity contribution >= 4 is 38.9 Å². The zero-order valence-electron chi connectivity index (χ0n) is 16.1. The Balaban J connectivity index is 1.92. The molecule has 0 bridgehead atoms. The molecule has 0 saturated carbocycles. The number of nitrogens with one attached hydrogen (secondary N) is 1. The van der Waals surface area contributed by atoms with Gasteiger partial charge >= 0.3 is 6.01 Å². The monoisotopic (exact) mass is 469 g/mol. The zero-order valence-corrected chi connectivity index (χ0v) is 18.5. The van der Waals surface area contributed by atoms with Crippen LogP contribution in [0.3, 0.4) is 0 Å². The van der Waals surface area contributed by atoms with E-state index in [2.05, 4.69) is 20.4 Å². The predicted octanol–water partition coefficient (Wildman–Crippen LogP) is 2.87. The molecule has 2 heterocycles. The van der Waals surface area contributed by atoms with Gasteiger partial charge in [-0.1, -0.05) is 23.2 Å². The van der Waals surface area contributed by atoms with Crippen LogP contribution in [0, 0.1) is 0 Å². The van der Waals surface area contributed by atoms with Crippen LogP contribution in [0.25, 0.3) is 5.82 Å². The third-order valence-electron chi connectivity index (χ3n) is 4.02. The van der Waals surface area contributed by atoms with Crippen molar-refractivity contribution in [3.63, 3.8) is 0 Å². The van der Waals surface area contributed by atoms with E-state index in [0.29, 0.717) is 16.7 Å². The number of rotatable bonds is 6. The number of pyridine rings is 1. The van der Waals surface area contributed by atoms with Crippen molar-refractivity contribution in [1.82, 2.24) is 25.1 Å². The average Bonchev–Trinajstić information content (AvgIpc) is 3.12. The van der Waals surface area contributed by atoms with Gasteiger partial charge in [-0.05, 0) is 37.3 Å². The topological polar surface area (TPSA) is 116 Å². The minimum absolute atomic E-state index is 0.0528. The number of halogens is 2. The molecule has 30 heavy (non-hydrogen) atoms. The van der Waals surface area contributed by atoms with Gasteiger partial charge in [0.1, 0.15) is 0 Å². The summed E-state index contributed by atoms with van der Waals surface area (Å²) >= 11 is 11.9. The van der Waals surface area contributed by atoms with Crippen molar-refractivity contribution in [2.24, 2.45) is 0 Å². The zero-order chi connectivity index (χ0) is 22.1. The molecule has 9 nitrogen and oxygen atoms in total. The van der Waals surface area contributed by atoms with Crippen molar-refractivity contribution in [3.05, 3.63) is 58.0 Å². The molecule has 2 aromatic heterocycles. The summed E-state index contributed by atoms with van der Waals surface area (Å²) in [4.78, 5) is 21.2. The van der Waals surface area contributed by atoms with Crippen LogP contribution >= 0.6 is 23.2 Å². The van der Waals surface area contributed by atoms with Crippen LogP contribution in [0.15, 0.2) is 41.4 Å². The summed E-state index contributed by atoms with van der Waals surface area (Å²) in [6.45, 7) is 1.69. The van der Waals surface area contributed by atoms with Crippen molar-refractivity contribution < 1.29 is 17.9 Å². The summed E-state index contributed by atoms with van der Waals surface area (Å²) in [5.74, 6) is 0.237. The number of carbonyl (C=O) groups excluding carboxylic acids is 1. The Morgan fingerprint density at radius 1 is 1.20 bits per heavy atom. The fourth-order valence-electron chi connectivity index (χ4n) is 2.59. The second-order valence-corrected chi connectivity index (χ2v) is 9.23. The van der Waals surface area contributed by atoms with Crippen molar-refractivity contribution in [3.8, 4) is 11.8 Å². The van der Waals surface area contributed by atoms with E-state index in [-0.39, 0.29) is 21.5 Å². The second-order valence-electron chi connectivity index (χ2n) is 6.35. The van der Waals surface area contributed by atoms with Crippen LogP contribution in [0.4, 0.5) is 0 Å². The van der Waals surface area contributed by atoms with Crippen LogP contribution in [0.1, 0.15) is 29.1 Å². The Morgan fingerprint density at radius 3 is 2.53 bits per heavy atom. The van der Waals surface area contributed by atoms with Gasteiger partial charge in [-0.2, -0.15) is 9.67 Å². The molecular weight excluding hydrogens is 453 g/mol. The van der Waals surface area contributed by atoms with E-state index in [0.717, 1.165) is 6.26 Å². The molecule has 0 aliphatic heterocycles. The largest absolute Gasteiger partial charge is 0.466 e. The molecule has 1 N–H and O–H groups in total. The van der Waals surface area contributed by atoms with Crippen molar-refractivity contribution in [2.45, 2.75) is 17.9 Å². The number of ether oxygens (including phenoxy) is 1. The van der Waals surface area contributed by atoms with Gasteiger partial charge in [0, 0.05) is 23.0 Å². The van der Waals surface area contributed by atoms with Crippen LogP contribution in [-0.2, 0) is 9.84 Å². The molecule has 1 amide bonds. The molecule has 0 radical (unpaired) electrons. The summed E-state index contributed by atoms with van der Waals surface area (Å²) in [6, 6.07) is 6.66. The molecule has 0 aliphatic rings. The van der Waals surface area contributed by atoms with E-state index in [9.17, 15) is 13.2 Å². The number of hydrogen-bond donors (Lipinski definition) is 1. The number of methoxy groups -OCH3 is 1. The molecule has 0 spiro atoms. The summed E-state index contributed by atoms with van der Waals surface area (Å²) in [7, 11) is -2.12. The molecule has 1 atom stereocenters. The van der Waals surface area contributed by atoms with E-state index in [1.54, 1.807) is 19.1 Å². The van der Waals surface area contributed by atoms with Gasteiger partial charge < -0.3 is 10.1 Å². The minimum atomic E-state index is -3.53. The first kappa shape index (κ1) is 22.0. The van der Waals surface area contributed by atoms with Crippen LogP contribution in [-0.4, -0.2) is 47.4 Å². The molecule has 3 rings (SSSR count). The molecule has 158 valence electrons. The Bertz CT molecular complexity index is 1200. The highest BCUT2D eigenvalue weighted by Crippen LogP contribution is 2.22. The van der Waals surface area contributed by atoms with Gasteiger partial charge in [-0.15, -0.1) is 5.10 Å². The maximum Gasteiger partial charge on any atom is 0.335 e. The maximum atomic E-state index is 12.7. The molecule has 1 aromatic carbocycles. The van der Waals surface area contributed by atoms with E-state index >= 15 is 0 Å². The number of hydrogen-bond acceptors (Lipinski definition) is 7. The number of carbonyl (C=O) groups is 1. The molecule has 3 aromatic rings. The normalized spacial score (nSPS) is 12.4. The maximum absolute atomic E-state index is 12.7. The summed E-state index contributed by atoms with van der Waals surface area (Å²) in [5.41, 5.74) is 0.0948. The van der Waals surface area contributed by atoms with Crippen LogP contribution in [0.2, 0.25) is 10.0 Å². The van der Waals surface area contributed by atoms with E-state index in [4.69, 9.17) is 27.9 Å². The number of amides is 1. The second kappa shape index (κ2) is 8.58. The fraction of sp³-hybridized carbons (Fsp3) is 0.222. The first-order chi connectivity index (χ1) is 14.1. The lowest BCUT2D eigenvalue weighted by atomic mass is 10.2. The number of nitrogens with zero attached hydrogens (tertiary/aromatic N) is 4. The van der Waals surface area contributed by atoms with Crippen LogP contribution < -0.4 is 10.1 Å². The molecular formula is C18H17Cl2N5O4S. The molecule has 0 saturated heterocycles. The highest BCUT2D eigenvalue weighted by Gasteiger charge is 2.22. The lowest BCUT2D eigenvalue weighted by Crippen LogP contribution is -2.29. The number of benzene rings is 1. The molecule has 0 fully saturated rings. The standard InChI is InChI=1S/C18H17Cl2N5O4S/c1-10(22-17(26)11-6-13(20)8-14(7-11)30(3,27)28)16-23-18(29-2)24-25(16)15-5-4-12(19)9-21-15/h4-10H,1-3H3,(H,22,26)/t10-/m0/s1. The molecule has 0 aliphatic carbocycles. The Labute approximate surface area is 182 Å². The smallest absolute Gasteiger partial charge is 0.335 e. The van der Waals surface area contributed by atoms with Gasteiger partial charge in [-0.3, -0.25) is 4.79 Å². The van der Waals surface area contributed by atoms with Gasteiger partial charge in [0.15, 0.2) is 21.5 Å².